The summed E-state index contributed by atoms with van der Waals surface area (Å²) in [7, 11) is 0. The van der Waals surface area contributed by atoms with E-state index in [9.17, 15) is 0 Å². The second-order valence-electron chi connectivity index (χ2n) is 4.38. The van der Waals surface area contributed by atoms with Gasteiger partial charge in [0.25, 0.3) is 0 Å². The first-order chi connectivity index (χ1) is 6.29. The van der Waals surface area contributed by atoms with Gasteiger partial charge in [0.2, 0.25) is 0 Å². The normalized spacial score (nSPS) is 26.8. The Morgan fingerprint density at radius 3 is 2.69 bits per heavy atom. The highest BCUT2D eigenvalue weighted by molar-refractivity contribution is 5.36. The smallest absolute Gasteiger partial charge is 0.0125 e. The lowest BCUT2D eigenvalue weighted by atomic mass is 9.77. The highest BCUT2D eigenvalue weighted by Gasteiger charge is 2.21. The summed E-state index contributed by atoms with van der Waals surface area (Å²) >= 11 is 0. The Morgan fingerprint density at radius 1 is 1.15 bits per heavy atom. The third kappa shape index (κ3) is 1.63. The van der Waals surface area contributed by atoms with E-state index in [4.69, 9.17) is 0 Å². The fraction of sp³-hybridized carbons (Fsp3) is 0.538. The molecule has 0 radical (unpaired) electrons. The van der Waals surface area contributed by atoms with Crippen LogP contribution in [0.1, 0.15) is 33.1 Å². The molecule has 1 atom stereocenters. The molecule has 0 N–H and O–H groups in total. The molecule has 0 heterocycles. The molecule has 0 heteroatoms. The fourth-order valence-corrected chi connectivity index (χ4v) is 2.40. The molecule has 0 aromatic heterocycles. The van der Waals surface area contributed by atoms with E-state index in [-0.39, 0.29) is 0 Å². The average molecular weight is 174 g/mol. The SMILES string of the molecule is CC(C)C1=C2CC=CCC2CC=C1. The first-order valence-electron chi connectivity index (χ1n) is 5.33. The van der Waals surface area contributed by atoms with E-state index in [0.29, 0.717) is 5.92 Å². The van der Waals surface area contributed by atoms with Gasteiger partial charge in [0, 0.05) is 0 Å². The molecule has 1 unspecified atom stereocenters. The van der Waals surface area contributed by atoms with Crippen LogP contribution in [0.3, 0.4) is 0 Å². The Balaban J connectivity index is 2.34. The lowest BCUT2D eigenvalue weighted by molar-refractivity contribution is 0.573. The summed E-state index contributed by atoms with van der Waals surface area (Å²) in [6, 6.07) is 0. The minimum atomic E-state index is 0.695. The summed E-state index contributed by atoms with van der Waals surface area (Å²) in [5.74, 6) is 1.52. The summed E-state index contributed by atoms with van der Waals surface area (Å²) in [6.45, 7) is 4.60. The Kier molecular flexibility index (Phi) is 2.39. The molecule has 13 heavy (non-hydrogen) atoms. The summed E-state index contributed by atoms with van der Waals surface area (Å²) in [5, 5.41) is 0. The minimum absolute atomic E-state index is 0.695. The number of hydrogen-bond acceptors (Lipinski definition) is 0. The zero-order chi connectivity index (χ0) is 9.26. The second kappa shape index (κ2) is 3.53. The van der Waals surface area contributed by atoms with Gasteiger partial charge in [-0.2, -0.15) is 0 Å². The number of allylic oxidation sites excluding steroid dienone is 6. The number of rotatable bonds is 1. The van der Waals surface area contributed by atoms with Gasteiger partial charge in [-0.25, -0.2) is 0 Å². The quantitative estimate of drug-likeness (QED) is 0.529. The van der Waals surface area contributed by atoms with Gasteiger partial charge >= 0.3 is 0 Å². The molecule has 0 amide bonds. The molecule has 0 aliphatic heterocycles. The maximum absolute atomic E-state index is 2.35. The fourth-order valence-electron chi connectivity index (χ4n) is 2.40. The van der Waals surface area contributed by atoms with Crippen molar-refractivity contribution in [3.63, 3.8) is 0 Å². The monoisotopic (exact) mass is 174 g/mol. The van der Waals surface area contributed by atoms with Crippen LogP contribution < -0.4 is 0 Å². The summed E-state index contributed by atoms with van der Waals surface area (Å²) in [4.78, 5) is 0. The van der Waals surface area contributed by atoms with Crippen molar-refractivity contribution in [2.45, 2.75) is 33.1 Å². The third-order valence-corrected chi connectivity index (χ3v) is 3.13. The van der Waals surface area contributed by atoms with Crippen LogP contribution >= 0.6 is 0 Å². The van der Waals surface area contributed by atoms with Gasteiger partial charge in [-0.15, -0.1) is 0 Å². The number of fused-ring (bicyclic) bond motifs is 1. The molecule has 0 spiro atoms. The number of hydrogen-bond donors (Lipinski definition) is 0. The maximum atomic E-state index is 2.35. The third-order valence-electron chi connectivity index (χ3n) is 3.13. The highest BCUT2D eigenvalue weighted by Crippen LogP contribution is 2.36. The Labute approximate surface area is 81.0 Å². The van der Waals surface area contributed by atoms with Crippen molar-refractivity contribution in [2.24, 2.45) is 11.8 Å². The predicted octanol–water partition coefficient (Wildman–Crippen LogP) is 3.87. The van der Waals surface area contributed by atoms with Crippen molar-refractivity contribution in [1.29, 1.82) is 0 Å². The molecule has 0 nitrogen and oxygen atoms in total. The molecule has 70 valence electrons. The average Bonchev–Trinajstić information content (AvgIpc) is 2.17. The molecular weight excluding hydrogens is 156 g/mol. The topological polar surface area (TPSA) is 0 Å². The summed E-state index contributed by atoms with van der Waals surface area (Å²) in [6.07, 6.45) is 13.1. The van der Waals surface area contributed by atoms with E-state index in [1.807, 2.05) is 0 Å². The largest absolute Gasteiger partial charge is 0.0876 e. The zero-order valence-corrected chi connectivity index (χ0v) is 8.59. The molecule has 0 saturated heterocycles. The van der Waals surface area contributed by atoms with Crippen LogP contribution in [0.4, 0.5) is 0 Å². The standard InChI is InChI=1S/C13H18/c1-10(2)12-9-5-7-11-6-3-4-8-13(11)12/h3-5,9-11H,6-8H2,1-2H3. The van der Waals surface area contributed by atoms with Crippen LogP contribution in [0.15, 0.2) is 35.5 Å². The van der Waals surface area contributed by atoms with Gasteiger partial charge < -0.3 is 0 Å². The molecule has 2 rings (SSSR count). The van der Waals surface area contributed by atoms with Gasteiger partial charge in [0.15, 0.2) is 0 Å². The zero-order valence-electron chi connectivity index (χ0n) is 8.59. The summed E-state index contributed by atoms with van der Waals surface area (Å²) < 4.78 is 0. The molecule has 2 aliphatic carbocycles. The van der Waals surface area contributed by atoms with Crippen LogP contribution in [0, 0.1) is 11.8 Å². The molecule has 0 bridgehead atoms. The van der Waals surface area contributed by atoms with Crippen LogP contribution in [0.2, 0.25) is 0 Å². The van der Waals surface area contributed by atoms with Gasteiger partial charge in [-0.3, -0.25) is 0 Å². The molecule has 0 aromatic carbocycles. The molecule has 0 fully saturated rings. The lowest BCUT2D eigenvalue weighted by Gasteiger charge is -2.28. The van der Waals surface area contributed by atoms with Crippen molar-refractivity contribution in [1.82, 2.24) is 0 Å². The van der Waals surface area contributed by atoms with Crippen LogP contribution in [0.5, 0.6) is 0 Å². The Bertz CT molecular complexity index is 276. The molecule has 0 aromatic rings. The van der Waals surface area contributed by atoms with E-state index in [1.165, 1.54) is 19.3 Å². The first kappa shape index (κ1) is 8.80. The molecule has 0 saturated carbocycles. The Morgan fingerprint density at radius 2 is 1.92 bits per heavy atom. The lowest BCUT2D eigenvalue weighted by Crippen LogP contribution is -2.13. The van der Waals surface area contributed by atoms with Gasteiger partial charge in [-0.1, -0.05) is 43.7 Å². The van der Waals surface area contributed by atoms with E-state index < -0.39 is 0 Å². The minimum Gasteiger partial charge on any atom is -0.0876 e. The van der Waals surface area contributed by atoms with E-state index in [2.05, 4.69) is 38.2 Å². The Hall–Kier alpha value is -0.780. The van der Waals surface area contributed by atoms with Crippen molar-refractivity contribution < 1.29 is 0 Å². The van der Waals surface area contributed by atoms with E-state index in [0.717, 1.165) is 5.92 Å². The van der Waals surface area contributed by atoms with E-state index >= 15 is 0 Å². The van der Waals surface area contributed by atoms with Crippen LogP contribution in [-0.2, 0) is 0 Å². The van der Waals surface area contributed by atoms with Crippen molar-refractivity contribution in [3.05, 3.63) is 35.5 Å². The van der Waals surface area contributed by atoms with Crippen molar-refractivity contribution in [3.8, 4) is 0 Å². The second-order valence-corrected chi connectivity index (χ2v) is 4.38. The van der Waals surface area contributed by atoms with Gasteiger partial charge in [-0.05, 0) is 36.7 Å². The predicted molar refractivity (Wildman–Crippen MR) is 57.5 cm³/mol. The van der Waals surface area contributed by atoms with Crippen LogP contribution in [-0.4, -0.2) is 0 Å². The van der Waals surface area contributed by atoms with Gasteiger partial charge in [0.1, 0.15) is 0 Å². The van der Waals surface area contributed by atoms with Gasteiger partial charge in [0.05, 0.1) is 0 Å². The first-order valence-corrected chi connectivity index (χ1v) is 5.33. The highest BCUT2D eigenvalue weighted by atomic mass is 14.3. The van der Waals surface area contributed by atoms with Crippen molar-refractivity contribution in [2.75, 3.05) is 0 Å². The van der Waals surface area contributed by atoms with Crippen LogP contribution in [0.25, 0.3) is 0 Å². The summed E-state index contributed by atoms with van der Waals surface area (Å²) in [5.41, 5.74) is 3.31. The van der Waals surface area contributed by atoms with Crippen molar-refractivity contribution >= 4 is 0 Å². The molecule has 2 aliphatic rings. The van der Waals surface area contributed by atoms with E-state index in [1.54, 1.807) is 11.1 Å². The molecular formula is C13H18. The maximum Gasteiger partial charge on any atom is -0.0125 e.